The van der Waals surface area contributed by atoms with Crippen molar-refractivity contribution in [2.45, 2.75) is 60.8 Å². The SMILES string of the molecule is CC1=C(/C=C(C)/C(C)=C\C=C\C(C)=C\C(=O)O)C(C)(C)CCC1. The maximum Gasteiger partial charge on any atom is 0.328 e. The van der Waals surface area contributed by atoms with Gasteiger partial charge in [-0.25, -0.2) is 4.79 Å². The molecule has 0 saturated heterocycles. The summed E-state index contributed by atoms with van der Waals surface area (Å²) < 4.78 is 0. The van der Waals surface area contributed by atoms with Gasteiger partial charge in [-0.05, 0) is 74.7 Å². The van der Waals surface area contributed by atoms with Gasteiger partial charge in [0, 0.05) is 6.08 Å². The first-order valence-corrected chi connectivity index (χ1v) is 8.28. The van der Waals surface area contributed by atoms with Crippen LogP contribution >= 0.6 is 0 Å². The molecule has 2 heteroatoms. The number of aliphatic carboxylic acids is 1. The molecule has 2 nitrogen and oxygen atoms in total. The number of rotatable bonds is 5. The van der Waals surface area contributed by atoms with Gasteiger partial charge < -0.3 is 5.11 Å². The van der Waals surface area contributed by atoms with Crippen LogP contribution in [0.2, 0.25) is 0 Å². The molecule has 0 heterocycles. The molecule has 0 bridgehead atoms. The summed E-state index contributed by atoms with van der Waals surface area (Å²) in [4.78, 5) is 10.6. The zero-order valence-electron chi connectivity index (χ0n) is 15.4. The minimum Gasteiger partial charge on any atom is -0.478 e. The second kappa shape index (κ2) is 8.14. The largest absolute Gasteiger partial charge is 0.478 e. The lowest BCUT2D eigenvalue weighted by Crippen LogP contribution is -2.19. The molecule has 1 aliphatic rings. The molecule has 0 unspecified atom stereocenters. The normalized spacial score (nSPS) is 20.3. The molecule has 1 rings (SSSR count). The van der Waals surface area contributed by atoms with Gasteiger partial charge in [-0.2, -0.15) is 0 Å². The van der Waals surface area contributed by atoms with E-state index in [1.54, 1.807) is 6.92 Å². The Kier molecular flexibility index (Phi) is 6.80. The first kappa shape index (κ1) is 19.2. The minimum absolute atomic E-state index is 0.251. The van der Waals surface area contributed by atoms with Crippen LogP contribution in [0.1, 0.15) is 60.8 Å². The van der Waals surface area contributed by atoms with Gasteiger partial charge in [0.05, 0.1) is 0 Å². The molecular weight excluding hydrogens is 284 g/mol. The van der Waals surface area contributed by atoms with Crippen LogP contribution in [0.5, 0.6) is 0 Å². The van der Waals surface area contributed by atoms with Crippen molar-refractivity contribution in [1.82, 2.24) is 0 Å². The van der Waals surface area contributed by atoms with Gasteiger partial charge >= 0.3 is 5.97 Å². The summed E-state index contributed by atoms with van der Waals surface area (Å²) in [6.07, 6.45) is 13.0. The van der Waals surface area contributed by atoms with Crippen molar-refractivity contribution >= 4 is 5.97 Å². The van der Waals surface area contributed by atoms with Crippen LogP contribution in [-0.2, 0) is 4.79 Å². The number of carboxylic acid groups (broad SMARTS) is 1. The predicted octanol–water partition coefficient (Wildman–Crippen LogP) is 5.99. The van der Waals surface area contributed by atoms with Gasteiger partial charge in [0.15, 0.2) is 0 Å². The summed E-state index contributed by atoms with van der Waals surface area (Å²) >= 11 is 0. The fourth-order valence-corrected chi connectivity index (χ4v) is 3.01. The van der Waals surface area contributed by atoms with Crippen molar-refractivity contribution in [1.29, 1.82) is 0 Å². The second-order valence-corrected chi connectivity index (χ2v) is 7.19. The van der Waals surface area contributed by atoms with Gasteiger partial charge in [0.2, 0.25) is 0 Å². The molecule has 0 amide bonds. The highest BCUT2D eigenvalue weighted by Crippen LogP contribution is 2.41. The van der Waals surface area contributed by atoms with Crippen LogP contribution in [0.3, 0.4) is 0 Å². The maximum atomic E-state index is 10.6. The molecule has 0 aromatic heterocycles. The Labute approximate surface area is 141 Å². The Balaban J connectivity index is 2.95. The smallest absolute Gasteiger partial charge is 0.328 e. The van der Waals surface area contributed by atoms with Crippen LogP contribution in [0.15, 0.2) is 58.2 Å². The highest BCUT2D eigenvalue weighted by atomic mass is 16.4. The van der Waals surface area contributed by atoms with E-state index in [1.807, 2.05) is 18.2 Å². The molecule has 1 aliphatic carbocycles. The van der Waals surface area contributed by atoms with Crippen molar-refractivity contribution in [3.05, 3.63) is 58.2 Å². The lowest BCUT2D eigenvalue weighted by molar-refractivity contribution is -0.131. The molecule has 0 saturated carbocycles. The molecule has 0 aliphatic heterocycles. The highest BCUT2D eigenvalue weighted by molar-refractivity contribution is 5.81. The topological polar surface area (TPSA) is 37.3 Å². The summed E-state index contributed by atoms with van der Waals surface area (Å²) in [5, 5.41) is 8.70. The number of allylic oxidation sites excluding steroid dienone is 9. The highest BCUT2D eigenvalue weighted by Gasteiger charge is 2.26. The number of carbonyl (C=O) groups is 1. The lowest BCUT2D eigenvalue weighted by atomic mass is 9.72. The molecular formula is C21H30O2. The summed E-state index contributed by atoms with van der Waals surface area (Å²) in [5.74, 6) is -0.911. The van der Waals surface area contributed by atoms with Crippen molar-refractivity contribution in [3.63, 3.8) is 0 Å². The Morgan fingerprint density at radius 3 is 2.39 bits per heavy atom. The van der Waals surface area contributed by atoms with E-state index in [9.17, 15) is 4.79 Å². The molecule has 0 atom stereocenters. The van der Waals surface area contributed by atoms with E-state index in [0.29, 0.717) is 0 Å². The zero-order valence-corrected chi connectivity index (χ0v) is 15.4. The molecule has 0 aromatic rings. The zero-order chi connectivity index (χ0) is 17.6. The minimum atomic E-state index is -0.911. The Bertz CT molecular complexity index is 608. The average Bonchev–Trinajstić information content (AvgIpc) is 2.41. The Morgan fingerprint density at radius 1 is 1.17 bits per heavy atom. The summed E-state index contributed by atoms with van der Waals surface area (Å²) in [7, 11) is 0. The van der Waals surface area contributed by atoms with Crippen LogP contribution in [0, 0.1) is 5.41 Å². The van der Waals surface area contributed by atoms with E-state index < -0.39 is 5.97 Å². The van der Waals surface area contributed by atoms with Gasteiger partial charge in [0.1, 0.15) is 0 Å². The van der Waals surface area contributed by atoms with Gasteiger partial charge in [0.25, 0.3) is 0 Å². The van der Waals surface area contributed by atoms with Gasteiger partial charge in [-0.1, -0.05) is 43.7 Å². The fraction of sp³-hybridized carbons (Fsp3) is 0.476. The summed E-state index contributed by atoms with van der Waals surface area (Å²) in [5.41, 5.74) is 6.42. The van der Waals surface area contributed by atoms with E-state index in [0.717, 1.165) is 5.57 Å². The number of carboxylic acids is 1. The third-order valence-electron chi connectivity index (χ3n) is 4.58. The van der Waals surface area contributed by atoms with E-state index in [4.69, 9.17) is 5.11 Å². The average molecular weight is 314 g/mol. The molecule has 0 spiro atoms. The van der Waals surface area contributed by atoms with E-state index in [-0.39, 0.29) is 5.41 Å². The first-order chi connectivity index (χ1) is 10.6. The molecule has 23 heavy (non-hydrogen) atoms. The Morgan fingerprint density at radius 2 is 1.83 bits per heavy atom. The fourth-order valence-electron chi connectivity index (χ4n) is 3.01. The predicted molar refractivity (Wildman–Crippen MR) is 98.4 cm³/mol. The van der Waals surface area contributed by atoms with Crippen molar-refractivity contribution in [2.24, 2.45) is 5.41 Å². The summed E-state index contributed by atoms with van der Waals surface area (Å²) in [6.45, 7) is 12.9. The molecule has 0 aromatic carbocycles. The van der Waals surface area contributed by atoms with Crippen molar-refractivity contribution < 1.29 is 9.90 Å². The standard InChI is InChI=1S/C21H30O2/c1-15(13-20(22)23)9-7-10-16(2)18(4)14-19-17(3)11-8-12-21(19,5)6/h7,9-10,13-14H,8,11-12H2,1-6H3,(H,22,23)/b9-7+,15-13+,16-10-,18-14+. The van der Waals surface area contributed by atoms with Gasteiger partial charge in [-0.3, -0.25) is 0 Å². The monoisotopic (exact) mass is 314 g/mol. The third-order valence-corrected chi connectivity index (χ3v) is 4.58. The van der Waals surface area contributed by atoms with Crippen molar-refractivity contribution in [2.75, 3.05) is 0 Å². The van der Waals surface area contributed by atoms with Crippen LogP contribution in [-0.4, -0.2) is 11.1 Å². The number of hydrogen-bond acceptors (Lipinski definition) is 1. The summed E-state index contributed by atoms with van der Waals surface area (Å²) in [6, 6.07) is 0. The van der Waals surface area contributed by atoms with E-state index >= 15 is 0 Å². The molecule has 0 radical (unpaired) electrons. The van der Waals surface area contributed by atoms with E-state index in [2.05, 4.69) is 40.7 Å². The maximum absolute atomic E-state index is 10.6. The van der Waals surface area contributed by atoms with E-state index in [1.165, 1.54) is 47.6 Å². The van der Waals surface area contributed by atoms with Crippen molar-refractivity contribution in [3.8, 4) is 0 Å². The molecule has 1 N–H and O–H groups in total. The van der Waals surface area contributed by atoms with Gasteiger partial charge in [-0.15, -0.1) is 0 Å². The third kappa shape index (κ3) is 6.05. The second-order valence-electron chi connectivity index (χ2n) is 7.19. The first-order valence-electron chi connectivity index (χ1n) is 8.28. The molecule has 126 valence electrons. The lowest BCUT2D eigenvalue weighted by Gasteiger charge is -2.33. The quantitative estimate of drug-likeness (QED) is 0.499. The van der Waals surface area contributed by atoms with Crippen LogP contribution < -0.4 is 0 Å². The Hall–Kier alpha value is -1.83. The molecule has 0 fully saturated rings. The van der Waals surface area contributed by atoms with Crippen LogP contribution in [0.25, 0.3) is 0 Å². The van der Waals surface area contributed by atoms with Crippen LogP contribution in [0.4, 0.5) is 0 Å². The number of hydrogen-bond donors (Lipinski definition) is 1.